The van der Waals surface area contributed by atoms with E-state index in [1.54, 1.807) is 13.1 Å². The highest BCUT2D eigenvalue weighted by Gasteiger charge is 2.17. The molecule has 1 aromatic carbocycles. The van der Waals surface area contributed by atoms with Gasteiger partial charge in [-0.15, -0.1) is 11.5 Å². The van der Waals surface area contributed by atoms with Crippen LogP contribution < -0.4 is 16.2 Å². The molecule has 3 rings (SSSR count). The predicted octanol–water partition coefficient (Wildman–Crippen LogP) is 1.06. The van der Waals surface area contributed by atoms with E-state index in [9.17, 15) is 9.18 Å². The van der Waals surface area contributed by atoms with Crippen molar-refractivity contribution in [2.75, 3.05) is 23.8 Å². The zero-order chi connectivity index (χ0) is 21.0. The molecule has 0 aliphatic rings. The minimum Gasteiger partial charge on any atom is -0.403 e. The summed E-state index contributed by atoms with van der Waals surface area (Å²) >= 11 is 0. The molecule has 29 heavy (non-hydrogen) atoms. The van der Waals surface area contributed by atoms with Crippen molar-refractivity contribution >= 4 is 17.4 Å². The van der Waals surface area contributed by atoms with E-state index in [0.29, 0.717) is 11.1 Å². The summed E-state index contributed by atoms with van der Waals surface area (Å²) in [6, 6.07) is 4.78. The SMILES string of the molecule is C#Cc1ccc(Nc2cc(=O)n(C)cc2-c2nnc(NC(CO)CO)o2)c(F)c1. The summed E-state index contributed by atoms with van der Waals surface area (Å²) in [5, 5.41) is 31.5. The molecular weight excluding hydrogens is 381 g/mol. The van der Waals surface area contributed by atoms with Crippen LogP contribution in [0.1, 0.15) is 5.56 Å². The Bertz CT molecular complexity index is 1110. The second kappa shape index (κ2) is 8.55. The first-order valence-electron chi connectivity index (χ1n) is 8.51. The van der Waals surface area contributed by atoms with Crippen LogP contribution in [-0.2, 0) is 7.05 Å². The van der Waals surface area contributed by atoms with Crippen LogP contribution in [0, 0.1) is 18.2 Å². The number of nitrogens with one attached hydrogen (secondary N) is 2. The van der Waals surface area contributed by atoms with Gasteiger partial charge in [-0.2, -0.15) is 0 Å². The van der Waals surface area contributed by atoms with Crippen molar-refractivity contribution in [3.8, 4) is 23.8 Å². The van der Waals surface area contributed by atoms with Gasteiger partial charge in [0.25, 0.3) is 11.4 Å². The summed E-state index contributed by atoms with van der Waals surface area (Å²) in [6.07, 6.45) is 6.73. The number of nitrogens with zero attached hydrogens (tertiary/aromatic N) is 3. The van der Waals surface area contributed by atoms with E-state index in [-0.39, 0.29) is 42.1 Å². The highest BCUT2D eigenvalue weighted by molar-refractivity contribution is 5.76. The molecule has 2 aromatic heterocycles. The van der Waals surface area contributed by atoms with Gasteiger partial charge in [-0.3, -0.25) is 4.79 Å². The van der Waals surface area contributed by atoms with Crippen LogP contribution in [0.15, 0.2) is 39.7 Å². The second-order valence-corrected chi connectivity index (χ2v) is 6.13. The summed E-state index contributed by atoms with van der Waals surface area (Å²) in [7, 11) is 1.54. The molecule has 9 nitrogen and oxygen atoms in total. The molecule has 0 fully saturated rings. The summed E-state index contributed by atoms with van der Waals surface area (Å²) in [6.45, 7) is -0.679. The molecular formula is C19H18FN5O4. The Kier molecular flexibility index (Phi) is 5.92. The van der Waals surface area contributed by atoms with E-state index in [1.165, 1.54) is 29.0 Å². The second-order valence-electron chi connectivity index (χ2n) is 6.13. The minimum atomic E-state index is -0.676. The van der Waals surface area contributed by atoms with E-state index in [1.807, 2.05) is 0 Å². The Hall–Kier alpha value is -3.68. The van der Waals surface area contributed by atoms with Crippen molar-refractivity contribution in [3.05, 3.63) is 52.2 Å². The van der Waals surface area contributed by atoms with Crippen LogP contribution in [0.5, 0.6) is 0 Å². The monoisotopic (exact) mass is 399 g/mol. The molecule has 0 radical (unpaired) electrons. The van der Waals surface area contributed by atoms with E-state index in [2.05, 4.69) is 26.8 Å². The number of hydrogen-bond donors (Lipinski definition) is 4. The number of aryl methyl sites for hydroxylation is 1. The molecule has 0 atom stereocenters. The van der Waals surface area contributed by atoms with Crippen molar-refractivity contribution in [1.29, 1.82) is 0 Å². The molecule has 2 heterocycles. The molecule has 0 spiro atoms. The van der Waals surface area contributed by atoms with Crippen LogP contribution in [0.25, 0.3) is 11.5 Å². The smallest absolute Gasteiger partial charge is 0.316 e. The van der Waals surface area contributed by atoms with E-state index in [4.69, 9.17) is 21.1 Å². The summed E-state index contributed by atoms with van der Waals surface area (Å²) in [5.41, 5.74) is 0.744. The number of terminal acetylenes is 1. The Morgan fingerprint density at radius 3 is 2.69 bits per heavy atom. The van der Waals surface area contributed by atoms with E-state index in [0.717, 1.165) is 0 Å². The third-order valence-electron chi connectivity index (χ3n) is 4.06. The van der Waals surface area contributed by atoms with Crippen LogP contribution >= 0.6 is 0 Å². The molecule has 0 aliphatic carbocycles. The molecule has 0 saturated carbocycles. The van der Waals surface area contributed by atoms with Gasteiger partial charge in [0.2, 0.25) is 0 Å². The Balaban J connectivity index is 1.98. The van der Waals surface area contributed by atoms with Crippen molar-refractivity contribution in [3.63, 3.8) is 0 Å². The zero-order valence-electron chi connectivity index (χ0n) is 15.4. The standard InChI is InChI=1S/C19H18FN5O4/c1-3-11-4-5-15(14(20)6-11)22-16-7-17(28)25(2)8-13(16)18-23-24-19(29-18)21-12(9-26)10-27/h1,4-8,12,22,26-27H,9-10H2,2H3,(H,21,24). The fourth-order valence-corrected chi connectivity index (χ4v) is 2.47. The molecule has 3 aromatic rings. The minimum absolute atomic E-state index is 0.0301. The number of aliphatic hydroxyl groups is 2. The van der Waals surface area contributed by atoms with Crippen LogP contribution in [-0.4, -0.2) is 44.2 Å². The number of aromatic nitrogens is 3. The molecule has 10 heteroatoms. The predicted molar refractivity (Wildman–Crippen MR) is 104 cm³/mol. The van der Waals surface area contributed by atoms with Gasteiger partial charge in [0.1, 0.15) is 5.82 Å². The first-order chi connectivity index (χ1) is 13.9. The molecule has 0 bridgehead atoms. The maximum atomic E-state index is 14.3. The number of aliphatic hydroxyl groups excluding tert-OH is 2. The third-order valence-corrected chi connectivity index (χ3v) is 4.06. The average Bonchev–Trinajstić information content (AvgIpc) is 3.18. The van der Waals surface area contributed by atoms with E-state index >= 15 is 0 Å². The Morgan fingerprint density at radius 2 is 2.03 bits per heavy atom. The van der Waals surface area contributed by atoms with Crippen molar-refractivity contribution in [1.82, 2.24) is 14.8 Å². The Labute approximate surface area is 164 Å². The largest absolute Gasteiger partial charge is 0.403 e. The van der Waals surface area contributed by atoms with Gasteiger partial charge < -0.3 is 29.8 Å². The average molecular weight is 399 g/mol. The zero-order valence-corrected chi connectivity index (χ0v) is 15.4. The molecule has 0 amide bonds. The van der Waals surface area contributed by atoms with Gasteiger partial charge in [-0.25, -0.2) is 4.39 Å². The summed E-state index contributed by atoms with van der Waals surface area (Å²) < 4.78 is 21.1. The van der Waals surface area contributed by atoms with E-state index < -0.39 is 11.9 Å². The van der Waals surface area contributed by atoms with Gasteiger partial charge in [0, 0.05) is 24.9 Å². The van der Waals surface area contributed by atoms with Gasteiger partial charge in [0.05, 0.1) is 36.2 Å². The van der Waals surface area contributed by atoms with Crippen molar-refractivity contribution in [2.45, 2.75) is 6.04 Å². The van der Waals surface area contributed by atoms with Gasteiger partial charge >= 0.3 is 6.01 Å². The Morgan fingerprint density at radius 1 is 1.28 bits per heavy atom. The van der Waals surface area contributed by atoms with Crippen LogP contribution in [0.4, 0.5) is 21.8 Å². The fraction of sp³-hybridized carbons (Fsp3) is 0.211. The lowest BCUT2D eigenvalue weighted by Gasteiger charge is -2.12. The first kappa shape index (κ1) is 20.1. The molecule has 4 N–H and O–H groups in total. The van der Waals surface area contributed by atoms with Crippen molar-refractivity contribution < 1.29 is 19.0 Å². The van der Waals surface area contributed by atoms with Crippen LogP contribution in [0.3, 0.4) is 0 Å². The molecule has 0 unspecified atom stereocenters. The number of anilines is 3. The number of benzene rings is 1. The van der Waals surface area contributed by atoms with Gasteiger partial charge in [-0.05, 0) is 18.2 Å². The lowest BCUT2D eigenvalue weighted by molar-refractivity contribution is 0.202. The normalized spacial score (nSPS) is 10.8. The highest BCUT2D eigenvalue weighted by Crippen LogP contribution is 2.30. The van der Waals surface area contributed by atoms with Gasteiger partial charge in [-0.1, -0.05) is 11.0 Å². The maximum Gasteiger partial charge on any atom is 0.316 e. The van der Waals surface area contributed by atoms with Crippen molar-refractivity contribution in [2.24, 2.45) is 7.05 Å². The number of halogens is 1. The fourth-order valence-electron chi connectivity index (χ4n) is 2.47. The molecule has 0 aliphatic heterocycles. The third kappa shape index (κ3) is 4.43. The number of pyridine rings is 1. The van der Waals surface area contributed by atoms with Gasteiger partial charge in [0.15, 0.2) is 0 Å². The van der Waals surface area contributed by atoms with Crippen LogP contribution in [0.2, 0.25) is 0 Å². The lowest BCUT2D eigenvalue weighted by Crippen LogP contribution is -2.27. The molecule has 0 saturated heterocycles. The summed E-state index contributed by atoms with van der Waals surface area (Å²) in [5.74, 6) is 1.80. The number of rotatable bonds is 7. The quantitative estimate of drug-likeness (QED) is 0.435. The lowest BCUT2D eigenvalue weighted by atomic mass is 10.1. The molecule has 150 valence electrons. The number of hydrogen-bond acceptors (Lipinski definition) is 8. The topological polar surface area (TPSA) is 125 Å². The first-order valence-corrected chi connectivity index (χ1v) is 8.51. The maximum absolute atomic E-state index is 14.3. The summed E-state index contributed by atoms with van der Waals surface area (Å²) in [4.78, 5) is 12.1. The highest BCUT2D eigenvalue weighted by atomic mass is 19.1.